The van der Waals surface area contributed by atoms with Crippen molar-refractivity contribution in [2.24, 2.45) is 0 Å². The fourth-order valence-electron chi connectivity index (χ4n) is 2.81. The molecule has 0 atom stereocenters. The third-order valence-corrected chi connectivity index (χ3v) is 5.12. The van der Waals surface area contributed by atoms with Gasteiger partial charge in [0.15, 0.2) is 0 Å². The van der Waals surface area contributed by atoms with Crippen molar-refractivity contribution in [3.8, 4) is 0 Å². The number of thiophene rings is 1. The molecule has 3 heterocycles. The van der Waals surface area contributed by atoms with Crippen LogP contribution in [0.4, 0.5) is 0 Å². The van der Waals surface area contributed by atoms with Gasteiger partial charge in [0.1, 0.15) is 5.76 Å². The Bertz CT molecular complexity index is 673. The molecule has 1 fully saturated rings. The van der Waals surface area contributed by atoms with E-state index in [1.165, 1.54) is 11.3 Å². The van der Waals surface area contributed by atoms with E-state index in [0.717, 1.165) is 49.1 Å². The summed E-state index contributed by atoms with van der Waals surface area (Å²) in [6, 6.07) is 3.83. The largest absolute Gasteiger partial charge is 0.444 e. The van der Waals surface area contributed by atoms with Crippen molar-refractivity contribution in [2.75, 3.05) is 26.2 Å². The first kappa shape index (κ1) is 17.2. The number of carbonyl (C=O) groups excluding carboxylic acids is 1. The molecule has 0 radical (unpaired) electrons. The van der Waals surface area contributed by atoms with Gasteiger partial charge in [0.05, 0.1) is 17.6 Å². The molecular weight excluding hydrogens is 322 g/mol. The van der Waals surface area contributed by atoms with E-state index in [-0.39, 0.29) is 11.3 Å². The topological polar surface area (TPSA) is 49.6 Å². The molecule has 0 aromatic carbocycles. The Morgan fingerprint density at radius 3 is 2.79 bits per heavy atom. The minimum atomic E-state index is -0.0199. The maximum atomic E-state index is 12.5. The van der Waals surface area contributed by atoms with Crippen LogP contribution in [-0.2, 0) is 12.0 Å². The summed E-state index contributed by atoms with van der Waals surface area (Å²) in [5.41, 5.74) is -0.0199. The van der Waals surface area contributed by atoms with Gasteiger partial charge < -0.3 is 9.32 Å². The zero-order valence-corrected chi connectivity index (χ0v) is 15.4. The zero-order chi connectivity index (χ0) is 17.2. The molecule has 130 valence electrons. The van der Waals surface area contributed by atoms with Gasteiger partial charge in [-0.15, -0.1) is 11.3 Å². The van der Waals surface area contributed by atoms with Crippen LogP contribution >= 0.6 is 11.3 Å². The van der Waals surface area contributed by atoms with Crippen LogP contribution < -0.4 is 0 Å². The fourth-order valence-corrected chi connectivity index (χ4v) is 3.50. The number of amides is 1. The maximum Gasteiger partial charge on any atom is 0.263 e. The van der Waals surface area contributed by atoms with E-state index in [2.05, 4.69) is 30.7 Å². The lowest BCUT2D eigenvalue weighted by Crippen LogP contribution is -2.34. The lowest BCUT2D eigenvalue weighted by atomic mass is 9.94. The van der Waals surface area contributed by atoms with E-state index in [0.29, 0.717) is 6.54 Å². The summed E-state index contributed by atoms with van der Waals surface area (Å²) in [6.45, 7) is 10.4. The average molecular weight is 347 g/mol. The molecule has 6 heteroatoms. The van der Waals surface area contributed by atoms with Crippen LogP contribution in [0, 0.1) is 0 Å². The second-order valence-corrected chi connectivity index (χ2v) is 8.22. The molecule has 0 bridgehead atoms. The molecule has 1 aliphatic rings. The Morgan fingerprint density at radius 1 is 1.29 bits per heavy atom. The third-order valence-electron chi connectivity index (χ3n) is 4.26. The summed E-state index contributed by atoms with van der Waals surface area (Å²) >= 11 is 1.51. The molecule has 24 heavy (non-hydrogen) atoms. The van der Waals surface area contributed by atoms with Gasteiger partial charge in [0.25, 0.3) is 5.91 Å². The molecule has 0 saturated carbocycles. The highest BCUT2D eigenvalue weighted by molar-refractivity contribution is 7.12. The second-order valence-electron chi connectivity index (χ2n) is 7.27. The summed E-state index contributed by atoms with van der Waals surface area (Å²) in [6.07, 6.45) is 2.81. The lowest BCUT2D eigenvalue weighted by Gasteiger charge is -2.20. The number of rotatable bonds is 3. The highest BCUT2D eigenvalue weighted by Gasteiger charge is 2.23. The van der Waals surface area contributed by atoms with Crippen LogP contribution in [0.3, 0.4) is 0 Å². The molecule has 1 saturated heterocycles. The summed E-state index contributed by atoms with van der Waals surface area (Å²) in [5, 5.41) is 1.95. The Labute approximate surface area is 147 Å². The van der Waals surface area contributed by atoms with Gasteiger partial charge in [0.2, 0.25) is 5.89 Å². The van der Waals surface area contributed by atoms with Gasteiger partial charge in [-0.05, 0) is 17.9 Å². The predicted octanol–water partition coefficient (Wildman–Crippen LogP) is 3.38. The van der Waals surface area contributed by atoms with Crippen molar-refractivity contribution in [3.63, 3.8) is 0 Å². The van der Waals surface area contributed by atoms with Crippen molar-refractivity contribution in [1.82, 2.24) is 14.8 Å². The van der Waals surface area contributed by atoms with Crippen LogP contribution in [0.1, 0.15) is 48.5 Å². The molecule has 0 unspecified atom stereocenters. The molecule has 2 aromatic heterocycles. The second kappa shape index (κ2) is 7.07. The van der Waals surface area contributed by atoms with Gasteiger partial charge in [-0.2, -0.15) is 0 Å². The molecule has 1 amide bonds. The Hall–Kier alpha value is -1.66. The molecule has 0 spiro atoms. The summed E-state index contributed by atoms with van der Waals surface area (Å²) in [7, 11) is 0. The van der Waals surface area contributed by atoms with E-state index < -0.39 is 0 Å². The quantitative estimate of drug-likeness (QED) is 0.854. The minimum Gasteiger partial charge on any atom is -0.444 e. The van der Waals surface area contributed by atoms with Crippen molar-refractivity contribution in [1.29, 1.82) is 0 Å². The number of aromatic nitrogens is 1. The molecule has 0 N–H and O–H groups in total. The molecule has 5 nitrogen and oxygen atoms in total. The number of nitrogens with zero attached hydrogens (tertiary/aromatic N) is 3. The number of hydrogen-bond donors (Lipinski definition) is 0. The first-order chi connectivity index (χ1) is 11.4. The van der Waals surface area contributed by atoms with Crippen LogP contribution in [0.25, 0.3) is 0 Å². The Morgan fingerprint density at radius 2 is 2.12 bits per heavy atom. The van der Waals surface area contributed by atoms with E-state index in [1.54, 1.807) is 0 Å². The number of oxazole rings is 1. The highest BCUT2D eigenvalue weighted by Crippen LogP contribution is 2.23. The number of hydrogen-bond acceptors (Lipinski definition) is 5. The number of carbonyl (C=O) groups is 1. The maximum absolute atomic E-state index is 12.5. The van der Waals surface area contributed by atoms with Gasteiger partial charge in [-0.1, -0.05) is 26.8 Å². The summed E-state index contributed by atoms with van der Waals surface area (Å²) in [4.78, 5) is 22.0. The molecular formula is C18H25N3O2S. The summed E-state index contributed by atoms with van der Waals surface area (Å²) in [5.74, 6) is 1.83. The van der Waals surface area contributed by atoms with Gasteiger partial charge in [-0.3, -0.25) is 9.69 Å². The van der Waals surface area contributed by atoms with Gasteiger partial charge >= 0.3 is 0 Å². The average Bonchev–Trinajstić information content (AvgIpc) is 3.15. The standard InChI is InChI=1S/C18H25N3O2S/c1-18(2,3)15-12-19-16(23-15)13-20-7-5-8-21(10-9-20)17(22)14-6-4-11-24-14/h4,6,11-12H,5,7-10,13H2,1-3H3. The van der Waals surface area contributed by atoms with E-state index in [9.17, 15) is 4.79 Å². The van der Waals surface area contributed by atoms with Crippen molar-refractivity contribution in [3.05, 3.63) is 40.2 Å². The van der Waals surface area contributed by atoms with Crippen LogP contribution in [-0.4, -0.2) is 46.9 Å². The van der Waals surface area contributed by atoms with Crippen molar-refractivity contribution < 1.29 is 9.21 Å². The predicted molar refractivity (Wildman–Crippen MR) is 95.3 cm³/mol. The van der Waals surface area contributed by atoms with E-state index in [4.69, 9.17) is 4.42 Å². The van der Waals surface area contributed by atoms with Crippen LogP contribution in [0.2, 0.25) is 0 Å². The molecule has 1 aliphatic heterocycles. The summed E-state index contributed by atoms with van der Waals surface area (Å²) < 4.78 is 5.89. The lowest BCUT2D eigenvalue weighted by molar-refractivity contribution is 0.0765. The minimum absolute atomic E-state index is 0.0199. The van der Waals surface area contributed by atoms with Crippen molar-refractivity contribution in [2.45, 2.75) is 39.2 Å². The Balaban J connectivity index is 1.58. The molecule has 3 rings (SSSR count). The molecule has 2 aromatic rings. The SMILES string of the molecule is CC(C)(C)c1cnc(CN2CCCN(C(=O)c3cccs3)CC2)o1. The monoisotopic (exact) mass is 347 g/mol. The highest BCUT2D eigenvalue weighted by atomic mass is 32.1. The van der Waals surface area contributed by atoms with Gasteiger partial charge in [0, 0.05) is 31.6 Å². The third kappa shape index (κ3) is 4.05. The normalized spacial score (nSPS) is 17.0. The Kier molecular flexibility index (Phi) is 5.06. The van der Waals surface area contributed by atoms with Crippen LogP contribution in [0.5, 0.6) is 0 Å². The van der Waals surface area contributed by atoms with Crippen molar-refractivity contribution >= 4 is 17.2 Å². The zero-order valence-electron chi connectivity index (χ0n) is 14.6. The fraction of sp³-hybridized carbons (Fsp3) is 0.556. The first-order valence-corrected chi connectivity index (χ1v) is 9.32. The smallest absolute Gasteiger partial charge is 0.263 e. The van der Waals surface area contributed by atoms with E-state index in [1.807, 2.05) is 28.6 Å². The molecule has 0 aliphatic carbocycles. The van der Waals surface area contributed by atoms with Gasteiger partial charge in [-0.25, -0.2) is 4.98 Å². The van der Waals surface area contributed by atoms with Crippen LogP contribution in [0.15, 0.2) is 28.1 Å². The first-order valence-electron chi connectivity index (χ1n) is 8.44. The van der Waals surface area contributed by atoms with E-state index >= 15 is 0 Å².